The summed E-state index contributed by atoms with van der Waals surface area (Å²) < 4.78 is 4.98. The highest BCUT2D eigenvalue weighted by Crippen LogP contribution is 2.18. The Morgan fingerprint density at radius 1 is 1.17 bits per heavy atom. The minimum absolute atomic E-state index is 0.330. The van der Waals surface area contributed by atoms with Gasteiger partial charge in [0.2, 0.25) is 0 Å². The summed E-state index contributed by atoms with van der Waals surface area (Å²) in [4.78, 5) is 11.7. The van der Waals surface area contributed by atoms with Crippen LogP contribution in [0.5, 0.6) is 0 Å². The maximum absolute atomic E-state index is 11.7. The molecule has 0 saturated carbocycles. The molecule has 0 atom stereocenters. The van der Waals surface area contributed by atoms with Crippen molar-refractivity contribution < 1.29 is 9.53 Å². The van der Waals surface area contributed by atoms with Crippen molar-refractivity contribution in [2.45, 2.75) is 13.8 Å². The Labute approximate surface area is 145 Å². The van der Waals surface area contributed by atoms with Crippen LogP contribution in [0.15, 0.2) is 42.5 Å². The zero-order valence-corrected chi connectivity index (χ0v) is 14.4. The van der Waals surface area contributed by atoms with E-state index in [1.54, 1.807) is 37.3 Å². The van der Waals surface area contributed by atoms with Crippen LogP contribution in [0.25, 0.3) is 0 Å². The molecule has 0 aliphatic heterocycles. The predicted octanol–water partition coefficient (Wildman–Crippen LogP) is 4.63. The third kappa shape index (κ3) is 4.94. The van der Waals surface area contributed by atoms with E-state index in [9.17, 15) is 4.79 Å². The third-order valence-electron chi connectivity index (χ3n) is 3.09. The van der Waals surface area contributed by atoms with E-state index in [4.69, 9.17) is 28.6 Å². The summed E-state index contributed by atoms with van der Waals surface area (Å²) in [6, 6.07) is 12.5. The highest BCUT2D eigenvalue weighted by atomic mass is 35.5. The summed E-state index contributed by atoms with van der Waals surface area (Å²) in [5.74, 6) is -0.330. The Balaban J connectivity index is 2.03. The monoisotopic (exact) mass is 348 g/mol. The highest BCUT2D eigenvalue weighted by molar-refractivity contribution is 7.80. The van der Waals surface area contributed by atoms with Crippen LogP contribution in [0.1, 0.15) is 22.8 Å². The van der Waals surface area contributed by atoms with E-state index in [1.165, 1.54) is 0 Å². The van der Waals surface area contributed by atoms with Gasteiger partial charge < -0.3 is 15.4 Å². The second-order valence-corrected chi connectivity index (χ2v) is 5.68. The molecule has 0 aliphatic carbocycles. The van der Waals surface area contributed by atoms with E-state index in [0.717, 1.165) is 16.9 Å². The van der Waals surface area contributed by atoms with Crippen molar-refractivity contribution in [1.29, 1.82) is 0 Å². The standard InChI is InChI=1S/C17H17ClN2O2S/c1-3-22-16(21)12-4-9-15(11(2)10-12)20-17(23)19-14-7-5-13(18)6-8-14/h4-10H,3H2,1-2H3,(H2,19,20,23). The van der Waals surface area contributed by atoms with E-state index in [-0.39, 0.29) is 5.97 Å². The molecule has 2 aromatic carbocycles. The van der Waals surface area contributed by atoms with Gasteiger partial charge in [-0.25, -0.2) is 4.79 Å². The molecule has 0 heterocycles. The number of benzene rings is 2. The van der Waals surface area contributed by atoms with Crippen LogP contribution in [0.2, 0.25) is 5.02 Å². The quantitative estimate of drug-likeness (QED) is 0.623. The van der Waals surface area contributed by atoms with Crippen molar-refractivity contribution in [1.82, 2.24) is 0 Å². The van der Waals surface area contributed by atoms with Gasteiger partial charge in [0.1, 0.15) is 0 Å². The fourth-order valence-electron chi connectivity index (χ4n) is 1.96. The molecule has 0 radical (unpaired) electrons. The number of carbonyl (C=O) groups is 1. The summed E-state index contributed by atoms with van der Waals surface area (Å²) >= 11 is 11.1. The van der Waals surface area contributed by atoms with Crippen molar-refractivity contribution in [2.24, 2.45) is 0 Å². The molecule has 0 saturated heterocycles. The van der Waals surface area contributed by atoms with E-state index >= 15 is 0 Å². The topological polar surface area (TPSA) is 50.4 Å². The second kappa shape index (κ2) is 7.94. The van der Waals surface area contributed by atoms with Crippen molar-refractivity contribution in [3.8, 4) is 0 Å². The molecule has 0 fully saturated rings. The molecule has 4 nitrogen and oxygen atoms in total. The molecule has 23 heavy (non-hydrogen) atoms. The lowest BCUT2D eigenvalue weighted by molar-refractivity contribution is 0.0526. The van der Waals surface area contributed by atoms with Crippen molar-refractivity contribution >= 4 is 46.3 Å². The van der Waals surface area contributed by atoms with E-state index in [1.807, 2.05) is 19.1 Å². The summed E-state index contributed by atoms with van der Waals surface area (Å²) in [5.41, 5.74) is 3.08. The molecular weight excluding hydrogens is 332 g/mol. The van der Waals surface area contributed by atoms with Gasteiger partial charge in [-0.1, -0.05) is 11.6 Å². The second-order valence-electron chi connectivity index (χ2n) is 4.84. The molecule has 2 N–H and O–H groups in total. The smallest absolute Gasteiger partial charge is 0.338 e. The number of nitrogens with one attached hydrogen (secondary N) is 2. The fourth-order valence-corrected chi connectivity index (χ4v) is 2.32. The maximum Gasteiger partial charge on any atom is 0.338 e. The predicted molar refractivity (Wildman–Crippen MR) is 98.4 cm³/mol. The number of carbonyl (C=O) groups excluding carboxylic acids is 1. The Hall–Kier alpha value is -2.11. The first-order chi connectivity index (χ1) is 11.0. The van der Waals surface area contributed by atoms with Crippen LogP contribution >= 0.6 is 23.8 Å². The third-order valence-corrected chi connectivity index (χ3v) is 3.54. The van der Waals surface area contributed by atoms with Crippen molar-refractivity contribution in [2.75, 3.05) is 17.2 Å². The number of hydrogen-bond donors (Lipinski definition) is 2. The van der Waals surface area contributed by atoms with Crippen LogP contribution < -0.4 is 10.6 Å². The van der Waals surface area contributed by atoms with Gasteiger partial charge in [-0.3, -0.25) is 0 Å². The first-order valence-electron chi connectivity index (χ1n) is 7.11. The van der Waals surface area contributed by atoms with E-state index in [2.05, 4.69) is 10.6 Å². The number of hydrogen-bond acceptors (Lipinski definition) is 3. The number of anilines is 2. The molecule has 2 aromatic rings. The van der Waals surface area contributed by atoms with Gasteiger partial charge in [-0.2, -0.15) is 0 Å². The summed E-state index contributed by atoms with van der Waals surface area (Å²) in [5, 5.41) is 7.30. The van der Waals surface area contributed by atoms with Gasteiger partial charge in [0.25, 0.3) is 0 Å². The molecule has 0 spiro atoms. The van der Waals surface area contributed by atoms with Gasteiger partial charge in [-0.05, 0) is 74.1 Å². The van der Waals surface area contributed by atoms with Gasteiger partial charge in [0.05, 0.1) is 12.2 Å². The SMILES string of the molecule is CCOC(=O)c1ccc(NC(=S)Nc2ccc(Cl)cc2)c(C)c1. The van der Waals surface area contributed by atoms with Crippen molar-refractivity contribution in [3.63, 3.8) is 0 Å². The van der Waals surface area contributed by atoms with E-state index < -0.39 is 0 Å². The molecule has 0 amide bonds. The Morgan fingerprint density at radius 2 is 1.87 bits per heavy atom. The lowest BCUT2D eigenvalue weighted by Gasteiger charge is -2.13. The Bertz CT molecular complexity index is 717. The van der Waals surface area contributed by atoms with Gasteiger partial charge in [0.15, 0.2) is 5.11 Å². The fraction of sp³-hybridized carbons (Fsp3) is 0.176. The Morgan fingerprint density at radius 3 is 2.48 bits per heavy atom. The molecule has 0 aliphatic rings. The first kappa shape index (κ1) is 17.2. The summed E-state index contributed by atoms with van der Waals surface area (Å²) in [6.07, 6.45) is 0. The minimum atomic E-state index is -0.330. The highest BCUT2D eigenvalue weighted by Gasteiger charge is 2.09. The molecule has 0 unspecified atom stereocenters. The number of rotatable bonds is 4. The zero-order valence-electron chi connectivity index (χ0n) is 12.9. The molecule has 0 aromatic heterocycles. The number of esters is 1. The van der Waals surface area contributed by atoms with Crippen molar-refractivity contribution in [3.05, 3.63) is 58.6 Å². The summed E-state index contributed by atoms with van der Waals surface area (Å²) in [7, 11) is 0. The molecule has 2 rings (SSSR count). The Kier molecular flexibility index (Phi) is 5.96. The van der Waals surface area contributed by atoms with Crippen LogP contribution in [0.4, 0.5) is 11.4 Å². The van der Waals surface area contributed by atoms with Gasteiger partial charge in [0, 0.05) is 16.4 Å². The van der Waals surface area contributed by atoms with Crippen LogP contribution in [0, 0.1) is 6.92 Å². The number of ether oxygens (including phenoxy) is 1. The number of thiocarbonyl (C=S) groups is 1. The largest absolute Gasteiger partial charge is 0.462 e. The molecule has 0 bridgehead atoms. The molecule has 6 heteroatoms. The maximum atomic E-state index is 11.7. The van der Waals surface area contributed by atoms with Crippen LogP contribution in [-0.4, -0.2) is 17.7 Å². The van der Waals surface area contributed by atoms with Gasteiger partial charge >= 0.3 is 5.97 Å². The number of halogens is 1. The molecule has 120 valence electrons. The van der Waals surface area contributed by atoms with Crippen LogP contribution in [0.3, 0.4) is 0 Å². The minimum Gasteiger partial charge on any atom is -0.462 e. The van der Waals surface area contributed by atoms with Gasteiger partial charge in [-0.15, -0.1) is 0 Å². The average molecular weight is 349 g/mol. The van der Waals surface area contributed by atoms with Crippen LogP contribution in [-0.2, 0) is 4.74 Å². The normalized spacial score (nSPS) is 10.0. The number of aryl methyl sites for hydroxylation is 1. The lowest BCUT2D eigenvalue weighted by Crippen LogP contribution is -2.19. The average Bonchev–Trinajstić information content (AvgIpc) is 2.52. The zero-order chi connectivity index (χ0) is 16.8. The first-order valence-corrected chi connectivity index (χ1v) is 7.89. The van der Waals surface area contributed by atoms with E-state index in [0.29, 0.717) is 22.3 Å². The summed E-state index contributed by atoms with van der Waals surface area (Å²) in [6.45, 7) is 4.03. The molecular formula is C17H17ClN2O2S. The lowest BCUT2D eigenvalue weighted by atomic mass is 10.1.